The molecular formula is C30H27ClN2O6. The van der Waals surface area contributed by atoms with Crippen LogP contribution < -0.4 is 24.0 Å². The van der Waals surface area contributed by atoms with Gasteiger partial charge in [-0.3, -0.25) is 4.79 Å². The highest BCUT2D eigenvalue weighted by molar-refractivity contribution is 6.07. The van der Waals surface area contributed by atoms with Crippen LogP contribution in [0.5, 0.6) is 5.75 Å². The van der Waals surface area contributed by atoms with Gasteiger partial charge in [-0.05, 0) is 48.9 Å². The molecular weight excluding hydrogens is 520 g/mol. The molecule has 8 nitrogen and oxygen atoms in total. The molecule has 1 amide bonds. The number of halogens is 1. The Labute approximate surface area is 228 Å². The van der Waals surface area contributed by atoms with Crippen molar-refractivity contribution in [2.24, 2.45) is 0 Å². The normalized spacial score (nSPS) is 14.2. The van der Waals surface area contributed by atoms with E-state index in [1.807, 2.05) is 84.9 Å². The second-order valence-electron chi connectivity index (χ2n) is 9.46. The van der Waals surface area contributed by atoms with Gasteiger partial charge in [0.25, 0.3) is 5.91 Å². The summed E-state index contributed by atoms with van der Waals surface area (Å²) < 4.78 is 36.0. The van der Waals surface area contributed by atoms with E-state index in [9.17, 15) is 9.90 Å². The minimum absolute atomic E-state index is 0.0855. The second kappa shape index (κ2) is 11.4. The summed E-state index contributed by atoms with van der Waals surface area (Å²) in [5.74, 6) is 0.148. The summed E-state index contributed by atoms with van der Waals surface area (Å²) in [6.07, 6.45) is 4.00. The van der Waals surface area contributed by atoms with Crippen LogP contribution in [0.25, 0.3) is 16.8 Å². The van der Waals surface area contributed by atoms with E-state index in [0.717, 1.165) is 33.4 Å². The molecule has 1 heterocycles. The molecule has 0 unspecified atom stereocenters. The Balaban J connectivity index is 0.000000648. The zero-order chi connectivity index (χ0) is 28.2. The number of phenolic OH excluding ortho intramolecular Hbond substituents is 1. The Bertz CT molecular complexity index is 1550. The molecule has 0 bridgehead atoms. The number of rotatable bonds is 5. The monoisotopic (exact) mass is 546 g/mol. The first-order valence-corrected chi connectivity index (χ1v) is 13.3. The van der Waals surface area contributed by atoms with Gasteiger partial charge in [-0.2, -0.15) is 4.58 Å². The van der Waals surface area contributed by atoms with Gasteiger partial charge >= 0.3 is 0 Å². The lowest BCUT2D eigenvalue weighted by atomic mass is 9.81. The van der Waals surface area contributed by atoms with Crippen molar-refractivity contribution in [3.8, 4) is 5.75 Å². The van der Waals surface area contributed by atoms with Crippen molar-refractivity contribution in [2.45, 2.75) is 19.3 Å². The van der Waals surface area contributed by atoms with Gasteiger partial charge in [0.1, 0.15) is 5.75 Å². The maximum Gasteiger partial charge on any atom is 0.290 e. The zero-order valence-electron chi connectivity index (χ0n) is 21.3. The van der Waals surface area contributed by atoms with Crippen molar-refractivity contribution in [2.75, 3.05) is 11.9 Å². The average Bonchev–Trinajstić information content (AvgIpc) is 3.09. The number of para-hydroxylation sites is 2. The van der Waals surface area contributed by atoms with Gasteiger partial charge in [0.05, 0.1) is 5.41 Å². The summed E-state index contributed by atoms with van der Waals surface area (Å²) >= 11 is 0. The van der Waals surface area contributed by atoms with Gasteiger partial charge in [-0.15, -0.1) is 10.2 Å². The molecule has 200 valence electrons. The number of carbonyl (C=O) groups is 1. The van der Waals surface area contributed by atoms with Crippen molar-refractivity contribution < 1.29 is 43.4 Å². The lowest BCUT2D eigenvalue weighted by Crippen LogP contribution is -2.68. The number of benzene rings is 4. The molecule has 0 saturated heterocycles. The number of anilines is 1. The molecule has 1 aliphatic rings. The van der Waals surface area contributed by atoms with Crippen molar-refractivity contribution in [3.63, 3.8) is 0 Å². The largest absolute Gasteiger partial charge is 0.507 e. The maximum atomic E-state index is 13.0. The molecule has 5 rings (SSSR count). The molecule has 9 heteroatoms. The van der Waals surface area contributed by atoms with Crippen LogP contribution in [0.4, 0.5) is 11.4 Å². The Morgan fingerprint density at radius 2 is 1.49 bits per heavy atom. The molecule has 0 saturated carbocycles. The quantitative estimate of drug-likeness (QED) is 0.363. The van der Waals surface area contributed by atoms with Crippen LogP contribution in [0.1, 0.15) is 25.0 Å². The van der Waals surface area contributed by atoms with Gasteiger partial charge in [0, 0.05) is 29.0 Å². The predicted molar refractivity (Wildman–Crippen MR) is 139 cm³/mol. The third-order valence-electron chi connectivity index (χ3n) is 6.51. The molecule has 0 spiro atoms. The third kappa shape index (κ3) is 6.69. The van der Waals surface area contributed by atoms with E-state index in [1.54, 1.807) is 6.07 Å². The van der Waals surface area contributed by atoms with E-state index in [4.69, 9.17) is 18.6 Å². The van der Waals surface area contributed by atoms with Crippen molar-refractivity contribution in [1.29, 1.82) is 0 Å². The summed E-state index contributed by atoms with van der Waals surface area (Å²) in [7, 11) is -4.94. The molecule has 0 aromatic heterocycles. The molecule has 2 N–H and O–H groups in total. The number of hydrogen-bond acceptors (Lipinski definition) is 6. The smallest absolute Gasteiger partial charge is 0.290 e. The Hall–Kier alpha value is -4.05. The number of amides is 1. The van der Waals surface area contributed by atoms with E-state index in [2.05, 4.69) is 35.9 Å². The highest BCUT2D eigenvalue weighted by Gasteiger charge is 2.44. The van der Waals surface area contributed by atoms with Crippen LogP contribution in [0.2, 0.25) is 0 Å². The highest BCUT2D eigenvalue weighted by Crippen LogP contribution is 2.40. The van der Waals surface area contributed by atoms with Crippen molar-refractivity contribution in [3.05, 3.63) is 108 Å². The summed E-state index contributed by atoms with van der Waals surface area (Å²) in [5.41, 5.74) is 4.44. The highest BCUT2D eigenvalue weighted by atomic mass is 35.7. The van der Waals surface area contributed by atoms with Gasteiger partial charge < -0.3 is 10.4 Å². The molecule has 1 aliphatic heterocycles. The number of nitrogens with zero attached hydrogens (tertiary/aromatic N) is 1. The van der Waals surface area contributed by atoms with Crippen molar-refractivity contribution in [1.82, 2.24) is 0 Å². The van der Waals surface area contributed by atoms with Crippen LogP contribution in [-0.4, -0.2) is 27.8 Å². The number of hydrogen-bond donors (Lipinski definition) is 2. The number of fused-ring (bicyclic) bond motifs is 2. The van der Waals surface area contributed by atoms with Crippen molar-refractivity contribution >= 4 is 39.8 Å². The first-order chi connectivity index (χ1) is 18.4. The summed E-state index contributed by atoms with van der Waals surface area (Å²) in [6, 6.07) is 29.4. The minimum Gasteiger partial charge on any atom is -0.507 e. The molecule has 0 fully saturated rings. The van der Waals surface area contributed by atoms with Gasteiger partial charge in [0.15, 0.2) is 5.71 Å². The average molecular weight is 547 g/mol. The fourth-order valence-corrected chi connectivity index (χ4v) is 4.80. The van der Waals surface area contributed by atoms with Gasteiger partial charge in [0.2, 0.25) is 12.2 Å². The molecule has 0 aliphatic carbocycles. The van der Waals surface area contributed by atoms with Crippen LogP contribution >= 0.6 is 0 Å². The SMILES string of the molecule is CC1(C)C(/C=C/c2c(O)ccc3ccccc23)=[N+](CC(=O)Nc2ccccc2)c2ccccc21.[O-][Cl+3]([O-])([O-])[O-]. The summed E-state index contributed by atoms with van der Waals surface area (Å²) in [4.78, 5) is 13.0. The fourth-order valence-electron chi connectivity index (χ4n) is 4.80. The molecule has 0 atom stereocenters. The number of carbonyl (C=O) groups excluding carboxylic acids is 1. The summed E-state index contributed by atoms with van der Waals surface area (Å²) in [5, 5.41) is 15.7. The zero-order valence-corrected chi connectivity index (χ0v) is 22.1. The van der Waals surface area contributed by atoms with Crippen LogP contribution in [0.15, 0.2) is 97.1 Å². The first kappa shape index (κ1) is 28.0. The maximum absolute atomic E-state index is 13.0. The van der Waals surface area contributed by atoms with E-state index in [0.29, 0.717) is 0 Å². The van der Waals surface area contributed by atoms with Gasteiger partial charge in [-0.1, -0.05) is 66.7 Å². The lowest BCUT2D eigenvalue weighted by Gasteiger charge is -2.17. The number of allylic oxidation sites excluding steroid dienone is 1. The van der Waals surface area contributed by atoms with E-state index >= 15 is 0 Å². The number of nitrogens with one attached hydrogen (secondary N) is 1. The molecule has 39 heavy (non-hydrogen) atoms. The van der Waals surface area contributed by atoms with E-state index < -0.39 is 10.2 Å². The Morgan fingerprint density at radius 1 is 0.872 bits per heavy atom. The third-order valence-corrected chi connectivity index (χ3v) is 6.51. The summed E-state index contributed by atoms with van der Waals surface area (Å²) in [6.45, 7) is 4.53. The van der Waals surface area contributed by atoms with Gasteiger partial charge in [-0.25, -0.2) is 18.6 Å². The topological polar surface area (TPSA) is 145 Å². The van der Waals surface area contributed by atoms with Crippen LogP contribution in [0.3, 0.4) is 0 Å². The van der Waals surface area contributed by atoms with Crippen LogP contribution in [-0.2, 0) is 10.2 Å². The lowest BCUT2D eigenvalue weighted by molar-refractivity contribution is -2.00. The van der Waals surface area contributed by atoms with E-state index in [-0.39, 0.29) is 23.6 Å². The Kier molecular flexibility index (Phi) is 8.15. The molecule has 0 radical (unpaired) electrons. The standard InChI is InChI=1S/C30H26N2O2.ClHO4/c1-30(2)25-14-8-9-15-26(25)32(20-29(34)31-22-11-4-3-5-12-22)28(30)19-17-24-23-13-7-6-10-21(23)16-18-27(24)33;2-1(3,4)5/h3-19H,20H2,1-2H3,(H,31,34);(H,2,3,4,5). The molecule has 4 aromatic carbocycles. The van der Waals surface area contributed by atoms with E-state index in [1.165, 1.54) is 5.56 Å². The second-order valence-corrected chi connectivity index (χ2v) is 10.2. The van der Waals surface area contributed by atoms with Crippen LogP contribution in [0, 0.1) is 10.2 Å². The fraction of sp³-hybridized carbons (Fsp3) is 0.133. The Morgan fingerprint density at radius 3 is 2.21 bits per heavy atom. The minimum atomic E-state index is -4.94. The number of aromatic hydroxyl groups is 1. The first-order valence-electron chi connectivity index (χ1n) is 12.0. The number of phenols is 1. The predicted octanol–water partition coefficient (Wildman–Crippen LogP) is 1.52. The molecule has 4 aromatic rings.